The molecule has 0 aromatic rings. The lowest BCUT2D eigenvalue weighted by Gasteiger charge is -2.22. The van der Waals surface area contributed by atoms with Gasteiger partial charge in [0.2, 0.25) is 0 Å². The average molecular weight is 213 g/mol. The predicted octanol–water partition coefficient (Wildman–Crippen LogP) is 0.659. The highest BCUT2D eigenvalue weighted by Gasteiger charge is 2.28. The van der Waals surface area contributed by atoms with Crippen molar-refractivity contribution in [1.82, 2.24) is 15.1 Å². The van der Waals surface area contributed by atoms with Crippen LogP contribution in [0, 0.1) is 0 Å². The molecule has 2 fully saturated rings. The van der Waals surface area contributed by atoms with Gasteiger partial charge in [-0.05, 0) is 45.6 Å². The predicted molar refractivity (Wildman–Crippen MR) is 62.4 cm³/mol. The maximum absolute atomic E-state index is 5.37. The molecule has 14 heavy (non-hydrogen) atoms. The van der Waals surface area contributed by atoms with E-state index in [0.717, 1.165) is 18.2 Å². The van der Waals surface area contributed by atoms with Gasteiger partial charge in [0.15, 0.2) is 5.11 Å². The van der Waals surface area contributed by atoms with Gasteiger partial charge in [0.25, 0.3) is 0 Å². The van der Waals surface area contributed by atoms with Crippen molar-refractivity contribution in [2.24, 2.45) is 0 Å². The first-order chi connectivity index (χ1) is 6.66. The molecule has 1 atom stereocenters. The third kappa shape index (κ3) is 2.36. The number of thiocarbonyl (C=S) groups is 1. The summed E-state index contributed by atoms with van der Waals surface area (Å²) in [6.45, 7) is 2.20. The van der Waals surface area contributed by atoms with Crippen LogP contribution < -0.4 is 5.32 Å². The van der Waals surface area contributed by atoms with Crippen LogP contribution in [-0.4, -0.2) is 54.2 Å². The molecule has 1 heterocycles. The molecule has 0 amide bonds. The van der Waals surface area contributed by atoms with E-state index in [1.54, 1.807) is 0 Å². The molecular weight excluding hydrogens is 194 g/mol. The molecule has 0 bridgehead atoms. The van der Waals surface area contributed by atoms with Crippen LogP contribution in [-0.2, 0) is 0 Å². The molecule has 4 heteroatoms. The summed E-state index contributed by atoms with van der Waals surface area (Å²) in [5.74, 6) is 0. The lowest BCUT2D eigenvalue weighted by atomic mass is 10.2. The molecule has 80 valence electrons. The van der Waals surface area contributed by atoms with Gasteiger partial charge in [-0.2, -0.15) is 0 Å². The zero-order valence-electron chi connectivity index (χ0n) is 8.99. The van der Waals surface area contributed by atoms with Gasteiger partial charge in [0.1, 0.15) is 0 Å². The van der Waals surface area contributed by atoms with Crippen molar-refractivity contribution in [2.45, 2.75) is 31.3 Å². The van der Waals surface area contributed by atoms with Gasteiger partial charge in [-0.3, -0.25) is 0 Å². The van der Waals surface area contributed by atoms with Crippen molar-refractivity contribution >= 4 is 17.3 Å². The molecule has 0 aromatic heterocycles. The van der Waals surface area contributed by atoms with Crippen molar-refractivity contribution in [1.29, 1.82) is 0 Å². The van der Waals surface area contributed by atoms with Crippen molar-refractivity contribution in [3.63, 3.8) is 0 Å². The number of hydrogen-bond donors (Lipinski definition) is 1. The first kappa shape index (κ1) is 10.2. The van der Waals surface area contributed by atoms with Crippen molar-refractivity contribution in [2.75, 3.05) is 27.2 Å². The Morgan fingerprint density at radius 3 is 2.57 bits per heavy atom. The van der Waals surface area contributed by atoms with Crippen LogP contribution in [0.15, 0.2) is 0 Å². The Kier molecular flexibility index (Phi) is 2.93. The Bertz CT molecular complexity index is 225. The minimum absolute atomic E-state index is 0.675. The molecule has 1 N–H and O–H groups in total. The SMILES string of the molecule is CN(C)C1CCN(C(=S)NC2CC2)C1. The zero-order valence-corrected chi connectivity index (χ0v) is 9.81. The number of nitrogens with zero attached hydrogens (tertiary/aromatic N) is 2. The van der Waals surface area contributed by atoms with Crippen LogP contribution in [0.5, 0.6) is 0 Å². The Labute approximate surface area is 91.4 Å². The number of likely N-dealkylation sites (tertiary alicyclic amines) is 1. The van der Waals surface area contributed by atoms with E-state index in [1.165, 1.54) is 19.3 Å². The van der Waals surface area contributed by atoms with Crippen LogP contribution in [0.2, 0.25) is 0 Å². The van der Waals surface area contributed by atoms with E-state index < -0.39 is 0 Å². The van der Waals surface area contributed by atoms with Gasteiger partial charge >= 0.3 is 0 Å². The molecule has 3 nitrogen and oxygen atoms in total. The molecule has 1 aliphatic heterocycles. The highest BCUT2D eigenvalue weighted by molar-refractivity contribution is 7.80. The average Bonchev–Trinajstić information content (AvgIpc) is 2.81. The summed E-state index contributed by atoms with van der Waals surface area (Å²) in [5.41, 5.74) is 0. The molecule has 1 saturated heterocycles. The fraction of sp³-hybridized carbons (Fsp3) is 0.900. The second-order valence-electron chi connectivity index (χ2n) is 4.58. The second kappa shape index (κ2) is 4.03. The fourth-order valence-corrected chi connectivity index (χ4v) is 2.17. The quantitative estimate of drug-likeness (QED) is 0.679. The van der Waals surface area contributed by atoms with E-state index in [0.29, 0.717) is 12.1 Å². The number of hydrogen-bond acceptors (Lipinski definition) is 2. The Hall–Kier alpha value is -0.350. The number of likely N-dealkylation sites (N-methyl/N-ethyl adjacent to an activating group) is 1. The first-order valence-electron chi connectivity index (χ1n) is 5.38. The summed E-state index contributed by atoms with van der Waals surface area (Å²) in [7, 11) is 4.29. The van der Waals surface area contributed by atoms with Gasteiger partial charge < -0.3 is 15.1 Å². The molecule has 2 rings (SSSR count). The van der Waals surface area contributed by atoms with E-state index in [-0.39, 0.29) is 0 Å². The maximum Gasteiger partial charge on any atom is 0.169 e. The fourth-order valence-electron chi connectivity index (χ4n) is 1.84. The minimum Gasteiger partial charge on any atom is -0.360 e. The monoisotopic (exact) mass is 213 g/mol. The van der Waals surface area contributed by atoms with Gasteiger partial charge in [0, 0.05) is 25.2 Å². The Balaban J connectivity index is 1.78. The first-order valence-corrected chi connectivity index (χ1v) is 5.79. The van der Waals surface area contributed by atoms with E-state index >= 15 is 0 Å². The van der Waals surface area contributed by atoms with Crippen molar-refractivity contribution < 1.29 is 0 Å². The molecule has 2 aliphatic rings. The highest BCUT2D eigenvalue weighted by atomic mass is 32.1. The van der Waals surface area contributed by atoms with Crippen LogP contribution in [0.25, 0.3) is 0 Å². The molecule has 1 aliphatic carbocycles. The van der Waals surface area contributed by atoms with Gasteiger partial charge in [0.05, 0.1) is 0 Å². The molecule has 0 spiro atoms. The summed E-state index contributed by atoms with van der Waals surface area (Å²) in [4.78, 5) is 4.60. The molecule has 0 radical (unpaired) electrons. The van der Waals surface area contributed by atoms with Crippen molar-refractivity contribution in [3.05, 3.63) is 0 Å². The third-order valence-electron chi connectivity index (χ3n) is 3.09. The molecule has 0 aromatic carbocycles. The van der Waals surface area contributed by atoms with E-state index in [2.05, 4.69) is 29.2 Å². The second-order valence-corrected chi connectivity index (χ2v) is 4.96. The standard InChI is InChI=1S/C10H19N3S/c1-12(2)9-5-6-13(7-9)10(14)11-8-3-4-8/h8-9H,3-7H2,1-2H3,(H,11,14). The smallest absolute Gasteiger partial charge is 0.169 e. The van der Waals surface area contributed by atoms with Crippen molar-refractivity contribution in [3.8, 4) is 0 Å². The van der Waals surface area contributed by atoms with Gasteiger partial charge in [-0.1, -0.05) is 0 Å². The molecule has 1 unspecified atom stereocenters. The van der Waals surface area contributed by atoms with Gasteiger partial charge in [-0.15, -0.1) is 0 Å². The van der Waals surface area contributed by atoms with E-state index in [1.807, 2.05) is 0 Å². The van der Waals surface area contributed by atoms with Crippen LogP contribution in [0.3, 0.4) is 0 Å². The summed E-state index contributed by atoms with van der Waals surface area (Å²) in [5, 5.41) is 4.36. The van der Waals surface area contributed by atoms with Crippen LogP contribution in [0.1, 0.15) is 19.3 Å². The van der Waals surface area contributed by atoms with E-state index in [4.69, 9.17) is 12.2 Å². The Morgan fingerprint density at radius 1 is 1.36 bits per heavy atom. The normalized spacial score (nSPS) is 27.1. The topological polar surface area (TPSA) is 18.5 Å². The third-order valence-corrected chi connectivity index (χ3v) is 3.46. The number of rotatable bonds is 2. The largest absolute Gasteiger partial charge is 0.360 e. The summed E-state index contributed by atoms with van der Waals surface area (Å²) in [6, 6.07) is 1.36. The lowest BCUT2D eigenvalue weighted by Crippen LogP contribution is -2.41. The maximum atomic E-state index is 5.37. The summed E-state index contributed by atoms with van der Waals surface area (Å²) >= 11 is 5.37. The van der Waals surface area contributed by atoms with Crippen LogP contribution in [0.4, 0.5) is 0 Å². The van der Waals surface area contributed by atoms with Gasteiger partial charge in [-0.25, -0.2) is 0 Å². The van der Waals surface area contributed by atoms with E-state index in [9.17, 15) is 0 Å². The molecular formula is C10H19N3S. The Morgan fingerprint density at radius 2 is 2.07 bits per heavy atom. The minimum atomic E-state index is 0.675. The molecule has 1 saturated carbocycles. The zero-order chi connectivity index (χ0) is 10.1. The van der Waals surface area contributed by atoms with Crippen LogP contribution >= 0.6 is 12.2 Å². The summed E-state index contributed by atoms with van der Waals surface area (Å²) in [6.07, 6.45) is 3.83. The lowest BCUT2D eigenvalue weighted by molar-refractivity contribution is 0.300. The summed E-state index contributed by atoms with van der Waals surface area (Å²) < 4.78 is 0. The highest BCUT2D eigenvalue weighted by Crippen LogP contribution is 2.20. The number of nitrogens with one attached hydrogen (secondary N) is 1.